The first kappa shape index (κ1) is 56.3. The average molecular weight is 274 g/mol. The second-order valence-electron chi connectivity index (χ2n) is 0. The van der Waals surface area contributed by atoms with Crippen LogP contribution in [0.4, 0.5) is 0 Å². The predicted octanol–water partition coefficient (Wildman–Crippen LogP) is 0.0713. The molecule has 0 amide bonds. The molecule has 0 aliphatic heterocycles. The van der Waals surface area contributed by atoms with Crippen molar-refractivity contribution in [2.75, 3.05) is 0 Å². The molecule has 0 aromatic carbocycles. The van der Waals surface area contributed by atoms with E-state index in [2.05, 4.69) is 0 Å². The van der Waals surface area contributed by atoms with Crippen LogP contribution in [0, 0.1) is 7.43 Å². The Hall–Kier alpha value is 2.23. The van der Waals surface area contributed by atoms with Gasteiger partial charge in [0.25, 0.3) is 0 Å². The van der Waals surface area contributed by atoms with Gasteiger partial charge in [-0.2, -0.15) is 0 Å². The van der Waals surface area contributed by atoms with Gasteiger partial charge in [0.1, 0.15) is 0 Å². The molecule has 0 aliphatic carbocycles. The monoisotopic (exact) mass is 276 g/mol. The Morgan fingerprint density at radius 1 is 1.00 bits per heavy atom. The zero-order valence-corrected chi connectivity index (χ0v) is 7.36. The molecule has 4 radical (unpaired) electrons. The van der Waals surface area contributed by atoms with Gasteiger partial charge in [-0.05, 0) is 0 Å². The normalized spacial score (nSPS) is 0. The van der Waals surface area contributed by atoms with Crippen LogP contribution in [0.3, 0.4) is 0 Å². The number of rotatable bonds is 0. The molecule has 34 valence electrons. The molecule has 0 aromatic heterocycles. The van der Waals surface area contributed by atoms with Gasteiger partial charge in [-0.25, -0.2) is 0 Å². The predicted molar refractivity (Wildman–Crippen MR) is 3.24 cm³/mol. The van der Waals surface area contributed by atoms with Crippen molar-refractivity contribution in [3.8, 4) is 0 Å². The second kappa shape index (κ2) is 34.2. The molecular weight excluding hydrogens is 274 g/mol. The Morgan fingerprint density at radius 3 is 1.00 bits per heavy atom. The van der Waals surface area contributed by atoms with Gasteiger partial charge < -0.3 is 0 Å². The fourth-order valence-electron chi connectivity index (χ4n) is 0. The minimum atomic E-state index is 0. The fourth-order valence-corrected chi connectivity index (χ4v) is 0. The molecule has 0 atom stereocenters. The zero-order chi connectivity index (χ0) is 0. The third-order valence-corrected chi connectivity index (χ3v) is 0. The van der Waals surface area contributed by atoms with Crippen LogP contribution in [-0.2, 0) is 72.0 Å². The molecule has 0 N–H and O–H groups in total. The summed E-state index contributed by atoms with van der Waals surface area (Å²) < 4.78 is 0. The Bertz CT molecular complexity index is 11.6. The van der Waals surface area contributed by atoms with Crippen LogP contribution >= 0.6 is 0 Å². The first-order valence-electron chi connectivity index (χ1n) is 0. The molecule has 0 aliphatic rings. The third kappa shape index (κ3) is 22.4. The van der Waals surface area contributed by atoms with Crippen molar-refractivity contribution >= 4 is 0 Å². The topological polar surface area (TPSA) is 0 Å². The van der Waals surface area contributed by atoms with Crippen molar-refractivity contribution in [2.24, 2.45) is 0 Å². The van der Waals surface area contributed by atoms with Gasteiger partial charge in [-0.1, -0.05) is 0 Å². The Morgan fingerprint density at radius 2 is 1.00 bits per heavy atom. The van der Waals surface area contributed by atoms with E-state index >= 15 is 0 Å². The molecule has 0 rings (SSSR count). The van der Waals surface area contributed by atoms with Crippen molar-refractivity contribution in [3.63, 3.8) is 0 Å². The van der Waals surface area contributed by atoms with E-state index in [1.807, 2.05) is 0 Å². The van der Waals surface area contributed by atoms with Gasteiger partial charge >= 0.3 is 0 Å². The fraction of sp³-hybridized carbons (Fsp3) is 0. The molecule has 0 fully saturated rings. The molecule has 4 heteroatoms. The Balaban J connectivity index is 0. The van der Waals surface area contributed by atoms with Gasteiger partial charge in [0.15, 0.2) is 0 Å². The van der Waals surface area contributed by atoms with E-state index in [-0.39, 0.29) is 79.4 Å². The zero-order valence-electron chi connectivity index (χ0n) is 1.99. The average Bonchev–Trinajstić information content (AvgIpc) is 0. The van der Waals surface area contributed by atoms with Crippen LogP contribution in [0.5, 0.6) is 0 Å². The molecule has 5 heavy (non-hydrogen) atoms. The maximum atomic E-state index is 0. The van der Waals surface area contributed by atoms with Crippen LogP contribution < -0.4 is 0 Å². The summed E-state index contributed by atoms with van der Waals surface area (Å²) in [5.74, 6) is 0. The first-order valence-corrected chi connectivity index (χ1v) is 0. The van der Waals surface area contributed by atoms with Crippen LogP contribution in [-0.4, -0.2) is 0 Å². The summed E-state index contributed by atoms with van der Waals surface area (Å²) in [5, 5.41) is 0. The summed E-state index contributed by atoms with van der Waals surface area (Å²) >= 11 is 0. The molecular formula is CCrFeMoNi. The van der Waals surface area contributed by atoms with E-state index in [0.717, 1.165) is 0 Å². The molecule has 0 bridgehead atoms. The van der Waals surface area contributed by atoms with E-state index in [0.29, 0.717) is 0 Å². The molecule has 0 saturated carbocycles. The molecule has 0 saturated heterocycles. The molecule has 0 nitrogen and oxygen atoms in total. The molecule has 0 unspecified atom stereocenters. The standard InChI is InChI=1S/C.Cr.Fe.Mo.Ni. The smallest absolute Gasteiger partial charge is 0 e. The Labute approximate surface area is 78.6 Å². The quantitative estimate of drug-likeness (QED) is 0.549. The van der Waals surface area contributed by atoms with Gasteiger partial charge in [0, 0.05) is 79.4 Å². The van der Waals surface area contributed by atoms with Crippen LogP contribution in [0.25, 0.3) is 0 Å². The Kier molecular flexibility index (Phi) is 386. The largest absolute Gasteiger partial charge is 0 e. The van der Waals surface area contributed by atoms with Crippen LogP contribution in [0.15, 0.2) is 0 Å². The van der Waals surface area contributed by atoms with E-state index in [4.69, 9.17) is 0 Å². The summed E-state index contributed by atoms with van der Waals surface area (Å²) in [6.45, 7) is 0. The van der Waals surface area contributed by atoms with Crippen molar-refractivity contribution < 1.29 is 72.0 Å². The van der Waals surface area contributed by atoms with E-state index in [1.165, 1.54) is 0 Å². The maximum absolute atomic E-state index is 0. The minimum Gasteiger partial charge on any atom is 0 e. The second-order valence-corrected chi connectivity index (χ2v) is 0. The summed E-state index contributed by atoms with van der Waals surface area (Å²) in [4.78, 5) is 0. The van der Waals surface area contributed by atoms with Crippen molar-refractivity contribution in [1.82, 2.24) is 0 Å². The van der Waals surface area contributed by atoms with Crippen LogP contribution in [0.1, 0.15) is 0 Å². The minimum absolute atomic E-state index is 0. The number of hydrogen-bond acceptors (Lipinski definition) is 0. The summed E-state index contributed by atoms with van der Waals surface area (Å²) in [5.41, 5.74) is 0. The first-order chi connectivity index (χ1) is 0. The van der Waals surface area contributed by atoms with E-state index in [1.54, 1.807) is 0 Å². The van der Waals surface area contributed by atoms with Crippen molar-refractivity contribution in [3.05, 3.63) is 7.43 Å². The van der Waals surface area contributed by atoms with Gasteiger partial charge in [0.05, 0.1) is 0 Å². The third-order valence-electron chi connectivity index (χ3n) is 0. The van der Waals surface area contributed by atoms with E-state index < -0.39 is 0 Å². The van der Waals surface area contributed by atoms with Gasteiger partial charge in [-0.3, -0.25) is 0 Å². The van der Waals surface area contributed by atoms with Crippen molar-refractivity contribution in [1.29, 1.82) is 0 Å². The molecule has 0 spiro atoms. The number of hydrogen-bond donors (Lipinski definition) is 0. The van der Waals surface area contributed by atoms with Crippen molar-refractivity contribution in [2.45, 2.75) is 0 Å². The molecule has 0 heterocycles. The summed E-state index contributed by atoms with van der Waals surface area (Å²) in [6.07, 6.45) is 0. The van der Waals surface area contributed by atoms with Gasteiger partial charge in [-0.15, -0.1) is 0 Å². The van der Waals surface area contributed by atoms with Gasteiger partial charge in [0.2, 0.25) is 0 Å². The summed E-state index contributed by atoms with van der Waals surface area (Å²) in [6, 6.07) is 0. The van der Waals surface area contributed by atoms with Crippen LogP contribution in [0.2, 0.25) is 0 Å². The van der Waals surface area contributed by atoms with E-state index in [9.17, 15) is 0 Å². The summed E-state index contributed by atoms with van der Waals surface area (Å²) in [7, 11) is 0. The SMILES string of the molecule is [C].[Cr].[Fe].[Mo].[Ni]. The maximum Gasteiger partial charge on any atom is 0 e. The molecule has 0 aromatic rings.